The monoisotopic (exact) mass is 242 g/mol. The van der Waals surface area contributed by atoms with Crippen molar-refractivity contribution in [3.8, 4) is 0 Å². The number of rotatable bonds is 3. The Kier molecular flexibility index (Phi) is 3.76. The van der Waals surface area contributed by atoms with Gasteiger partial charge in [0.2, 0.25) is 0 Å². The largest absolute Gasteiger partial charge is 0.411 e. The molecule has 1 N–H and O–H groups in total. The molecule has 3 nitrogen and oxygen atoms in total. The van der Waals surface area contributed by atoms with Gasteiger partial charge in [-0.2, -0.15) is 0 Å². The Morgan fingerprint density at radius 3 is 3.15 bits per heavy atom. The highest BCUT2D eigenvalue weighted by Gasteiger charge is 2.11. The van der Waals surface area contributed by atoms with Gasteiger partial charge in [0.15, 0.2) is 0 Å². The second-order valence-corrected chi connectivity index (χ2v) is 3.43. The molecule has 0 amide bonds. The van der Waals surface area contributed by atoms with Crippen LogP contribution in [0.4, 0.5) is 0 Å². The second kappa shape index (κ2) is 4.87. The fourth-order valence-corrected chi connectivity index (χ4v) is 1.68. The lowest BCUT2D eigenvalue weighted by Gasteiger charge is -2.25. The van der Waals surface area contributed by atoms with Gasteiger partial charge in [0, 0.05) is 17.6 Å². The third-order valence-corrected chi connectivity index (χ3v) is 2.38. The quantitative estimate of drug-likeness (QED) is 0.356. The zero-order valence-electron chi connectivity index (χ0n) is 7.15. The third kappa shape index (κ3) is 2.45. The van der Waals surface area contributed by atoms with Gasteiger partial charge in [-0.3, -0.25) is 0 Å². The fraction of sp³-hybridized carbons (Fsp3) is 0.222. The van der Waals surface area contributed by atoms with E-state index in [1.54, 1.807) is 0 Å². The number of hydrogen-bond donors (Lipinski definition) is 1. The predicted molar refractivity (Wildman–Crippen MR) is 57.1 cm³/mol. The lowest BCUT2D eigenvalue weighted by molar-refractivity contribution is 0.319. The van der Waals surface area contributed by atoms with Crippen LogP contribution in [0.2, 0.25) is 0 Å². The summed E-state index contributed by atoms with van der Waals surface area (Å²) in [6, 6.07) is 0. The smallest absolute Gasteiger partial charge is 0.0906 e. The minimum Gasteiger partial charge on any atom is -0.411 e. The van der Waals surface area contributed by atoms with E-state index in [1.807, 2.05) is 23.1 Å². The van der Waals surface area contributed by atoms with Gasteiger partial charge in [0.25, 0.3) is 0 Å². The minimum atomic E-state index is 0.737. The molecule has 1 aliphatic heterocycles. The van der Waals surface area contributed by atoms with E-state index in [1.165, 1.54) is 6.21 Å². The molecule has 0 aliphatic carbocycles. The van der Waals surface area contributed by atoms with Crippen molar-refractivity contribution < 1.29 is 5.21 Å². The molecule has 0 fully saturated rings. The number of halogens is 1. The highest BCUT2D eigenvalue weighted by atomic mass is 79.9. The molecule has 0 atom stereocenters. The fourth-order valence-electron chi connectivity index (χ4n) is 1.14. The van der Waals surface area contributed by atoms with Gasteiger partial charge >= 0.3 is 0 Å². The molecule has 0 aromatic heterocycles. The molecule has 0 aromatic rings. The molecule has 70 valence electrons. The summed E-state index contributed by atoms with van der Waals surface area (Å²) in [6.45, 7) is 5.21. The van der Waals surface area contributed by atoms with Crippen LogP contribution in [0, 0.1) is 0 Å². The van der Waals surface area contributed by atoms with Crippen molar-refractivity contribution >= 4 is 22.1 Å². The summed E-state index contributed by atoms with van der Waals surface area (Å²) in [5.41, 5.74) is 0.866. The molecule has 4 heteroatoms. The summed E-state index contributed by atoms with van der Waals surface area (Å²) in [7, 11) is 0. The minimum absolute atomic E-state index is 0.737. The third-order valence-electron chi connectivity index (χ3n) is 1.70. The van der Waals surface area contributed by atoms with Gasteiger partial charge in [0.1, 0.15) is 0 Å². The number of allylic oxidation sites excluding steroid dienone is 3. The van der Waals surface area contributed by atoms with Gasteiger partial charge in [-0.1, -0.05) is 17.3 Å². The molecule has 1 aliphatic rings. The van der Waals surface area contributed by atoms with Gasteiger partial charge < -0.3 is 10.1 Å². The van der Waals surface area contributed by atoms with Crippen LogP contribution < -0.4 is 0 Å². The summed E-state index contributed by atoms with van der Waals surface area (Å²) >= 11 is 3.38. The normalized spacial score (nSPS) is 17.2. The number of oxime groups is 1. The van der Waals surface area contributed by atoms with Gasteiger partial charge in [-0.15, -0.1) is 6.58 Å². The molecule has 0 radical (unpaired) electrons. The van der Waals surface area contributed by atoms with Crippen LogP contribution in [0.3, 0.4) is 0 Å². The number of hydrogen-bond acceptors (Lipinski definition) is 3. The standard InChI is InChI=1S/C9H11BrN2O/c1-2-5-12-6-3-4-8(10)9(12)7-11-13/h2-4,7,13H,1,5-6H2. The van der Waals surface area contributed by atoms with Crippen molar-refractivity contribution in [3.05, 3.63) is 35.0 Å². The zero-order chi connectivity index (χ0) is 9.68. The van der Waals surface area contributed by atoms with Gasteiger partial charge in [-0.25, -0.2) is 0 Å². The van der Waals surface area contributed by atoms with Crippen LogP contribution in [0.1, 0.15) is 0 Å². The van der Waals surface area contributed by atoms with Crippen molar-refractivity contribution in [2.75, 3.05) is 13.1 Å². The summed E-state index contributed by atoms with van der Waals surface area (Å²) in [5, 5.41) is 11.5. The molecule has 13 heavy (non-hydrogen) atoms. The van der Waals surface area contributed by atoms with Crippen LogP contribution in [-0.4, -0.2) is 29.4 Å². The van der Waals surface area contributed by atoms with Gasteiger partial charge in [-0.05, 0) is 22.0 Å². The van der Waals surface area contributed by atoms with Crippen molar-refractivity contribution in [2.24, 2.45) is 5.16 Å². The Morgan fingerprint density at radius 1 is 1.77 bits per heavy atom. The lowest BCUT2D eigenvalue weighted by Crippen LogP contribution is -2.26. The first-order valence-electron chi connectivity index (χ1n) is 3.89. The van der Waals surface area contributed by atoms with Crippen LogP contribution >= 0.6 is 15.9 Å². The topological polar surface area (TPSA) is 35.8 Å². The van der Waals surface area contributed by atoms with Gasteiger partial charge in [0.05, 0.1) is 11.9 Å². The van der Waals surface area contributed by atoms with Crippen molar-refractivity contribution in [2.45, 2.75) is 0 Å². The summed E-state index contributed by atoms with van der Waals surface area (Å²) in [4.78, 5) is 2.04. The van der Waals surface area contributed by atoms with Crippen LogP contribution in [-0.2, 0) is 0 Å². The zero-order valence-corrected chi connectivity index (χ0v) is 8.74. The molecule has 0 unspecified atom stereocenters. The Balaban J connectivity index is 2.88. The molecule has 1 rings (SSSR count). The first-order chi connectivity index (χ1) is 6.29. The first-order valence-corrected chi connectivity index (χ1v) is 4.68. The maximum absolute atomic E-state index is 8.46. The molecule has 0 bridgehead atoms. The van der Waals surface area contributed by atoms with E-state index in [0.717, 1.165) is 23.3 Å². The molecule has 0 saturated carbocycles. The van der Waals surface area contributed by atoms with E-state index in [-0.39, 0.29) is 0 Å². The summed E-state index contributed by atoms with van der Waals surface area (Å²) < 4.78 is 0.915. The van der Waals surface area contributed by atoms with Crippen molar-refractivity contribution in [1.29, 1.82) is 0 Å². The Labute approximate surface area is 85.9 Å². The SMILES string of the molecule is C=CCN1CC=CC(Br)=C1C=NO. The van der Waals surface area contributed by atoms with Crippen molar-refractivity contribution in [1.82, 2.24) is 4.90 Å². The Morgan fingerprint density at radius 2 is 2.54 bits per heavy atom. The number of nitrogens with zero attached hydrogens (tertiary/aromatic N) is 2. The summed E-state index contributed by atoms with van der Waals surface area (Å²) in [6.07, 6.45) is 7.20. The molecular weight excluding hydrogens is 232 g/mol. The van der Waals surface area contributed by atoms with Crippen LogP contribution in [0.15, 0.2) is 40.1 Å². The highest BCUT2D eigenvalue weighted by Crippen LogP contribution is 2.20. The second-order valence-electron chi connectivity index (χ2n) is 2.57. The average molecular weight is 243 g/mol. The maximum atomic E-state index is 8.46. The maximum Gasteiger partial charge on any atom is 0.0906 e. The van der Waals surface area contributed by atoms with Crippen LogP contribution in [0.25, 0.3) is 0 Å². The molecule has 0 spiro atoms. The molecule has 0 saturated heterocycles. The van der Waals surface area contributed by atoms with Crippen LogP contribution in [0.5, 0.6) is 0 Å². The first kappa shape index (κ1) is 10.1. The van der Waals surface area contributed by atoms with E-state index in [2.05, 4.69) is 27.7 Å². The van der Waals surface area contributed by atoms with E-state index >= 15 is 0 Å². The Bertz CT molecular complexity index is 279. The summed E-state index contributed by atoms with van der Waals surface area (Å²) in [5.74, 6) is 0. The molecule has 0 aromatic carbocycles. The highest BCUT2D eigenvalue weighted by molar-refractivity contribution is 9.11. The Hall–Kier alpha value is -1.03. The van der Waals surface area contributed by atoms with Crippen molar-refractivity contribution in [3.63, 3.8) is 0 Å². The molecular formula is C9H11BrN2O. The van der Waals surface area contributed by atoms with E-state index in [9.17, 15) is 0 Å². The lowest BCUT2D eigenvalue weighted by atomic mass is 10.2. The molecule has 1 heterocycles. The van der Waals surface area contributed by atoms with E-state index in [4.69, 9.17) is 5.21 Å². The average Bonchev–Trinajstić information content (AvgIpc) is 2.11. The predicted octanol–water partition coefficient (Wildman–Crippen LogP) is 2.11. The van der Waals surface area contributed by atoms with E-state index < -0.39 is 0 Å². The van der Waals surface area contributed by atoms with E-state index in [0.29, 0.717) is 0 Å².